The molecule has 1 aromatic heterocycles. The van der Waals surface area contributed by atoms with Crippen LogP contribution in [0.1, 0.15) is 5.76 Å². The predicted molar refractivity (Wildman–Crippen MR) is 42.5 cm³/mol. The van der Waals surface area contributed by atoms with Crippen molar-refractivity contribution in [2.75, 3.05) is 0 Å². The molecule has 0 aliphatic heterocycles. The van der Waals surface area contributed by atoms with E-state index in [0.717, 1.165) is 5.41 Å². The van der Waals surface area contributed by atoms with Crippen molar-refractivity contribution < 1.29 is 12.8 Å². The summed E-state index contributed by atoms with van der Waals surface area (Å²) in [4.78, 5) is 0. The zero-order valence-electron chi connectivity index (χ0n) is 5.40. The number of hydrogen-bond acceptors (Lipinski definition) is 3. The average Bonchev–Trinajstić information content (AvgIpc) is 2.32. The Bertz CT molecular complexity index is 336. The SMILES string of the molecule is O=S(=O)(Cl)/C=C\c1ccco1. The average molecular weight is 193 g/mol. The van der Waals surface area contributed by atoms with Gasteiger partial charge in [0.1, 0.15) is 5.76 Å². The molecule has 0 aliphatic carbocycles. The van der Waals surface area contributed by atoms with Crippen LogP contribution in [0.4, 0.5) is 0 Å². The maximum atomic E-state index is 10.4. The molecule has 0 saturated carbocycles. The minimum absolute atomic E-state index is 0.453. The molecule has 3 nitrogen and oxygen atoms in total. The quantitative estimate of drug-likeness (QED) is 0.672. The molecule has 0 saturated heterocycles. The molecule has 11 heavy (non-hydrogen) atoms. The lowest BCUT2D eigenvalue weighted by Gasteiger charge is -1.81. The topological polar surface area (TPSA) is 47.3 Å². The Kier molecular flexibility index (Phi) is 2.36. The van der Waals surface area contributed by atoms with E-state index >= 15 is 0 Å². The molecule has 1 heterocycles. The zero-order valence-corrected chi connectivity index (χ0v) is 6.97. The van der Waals surface area contributed by atoms with Gasteiger partial charge in [0.2, 0.25) is 0 Å². The predicted octanol–water partition coefficient (Wildman–Crippen LogP) is 1.82. The summed E-state index contributed by atoms with van der Waals surface area (Å²) in [5.74, 6) is 0.453. The van der Waals surface area contributed by atoms with Crippen LogP contribution in [0.15, 0.2) is 28.2 Å². The van der Waals surface area contributed by atoms with E-state index in [1.54, 1.807) is 12.1 Å². The fraction of sp³-hybridized carbons (Fsp3) is 0. The van der Waals surface area contributed by atoms with Gasteiger partial charge in [0, 0.05) is 16.1 Å². The second-order valence-corrected chi connectivity index (χ2v) is 4.31. The van der Waals surface area contributed by atoms with Crippen LogP contribution in [0.3, 0.4) is 0 Å². The third kappa shape index (κ3) is 3.25. The Hall–Kier alpha value is -0.740. The molecular formula is C6H5ClO3S. The number of hydrogen-bond donors (Lipinski definition) is 0. The van der Waals surface area contributed by atoms with E-state index in [2.05, 4.69) is 0 Å². The summed E-state index contributed by atoms with van der Waals surface area (Å²) in [6.07, 6.45) is 2.73. The highest BCUT2D eigenvalue weighted by Crippen LogP contribution is 2.06. The van der Waals surface area contributed by atoms with Crippen LogP contribution in [-0.2, 0) is 9.05 Å². The van der Waals surface area contributed by atoms with Crippen LogP contribution in [0.5, 0.6) is 0 Å². The van der Waals surface area contributed by atoms with Crippen molar-refractivity contribution in [3.05, 3.63) is 29.6 Å². The molecular weight excluding hydrogens is 188 g/mol. The molecule has 0 N–H and O–H groups in total. The Balaban J connectivity index is 2.79. The molecule has 60 valence electrons. The first kappa shape index (κ1) is 8.36. The minimum atomic E-state index is -3.57. The van der Waals surface area contributed by atoms with Crippen LogP contribution in [0, 0.1) is 0 Å². The van der Waals surface area contributed by atoms with Gasteiger partial charge in [-0.2, -0.15) is 0 Å². The fourth-order valence-electron chi connectivity index (χ4n) is 0.534. The Morgan fingerprint density at radius 3 is 2.73 bits per heavy atom. The summed E-state index contributed by atoms with van der Waals surface area (Å²) in [6, 6.07) is 3.28. The Morgan fingerprint density at radius 2 is 2.27 bits per heavy atom. The molecule has 1 rings (SSSR count). The first-order chi connectivity index (χ1) is 5.08. The highest BCUT2D eigenvalue weighted by Gasteiger charge is 1.96. The zero-order chi connectivity index (χ0) is 8.32. The van der Waals surface area contributed by atoms with Crippen molar-refractivity contribution in [1.29, 1.82) is 0 Å². The fourth-order valence-corrected chi connectivity index (χ4v) is 0.985. The number of rotatable bonds is 2. The van der Waals surface area contributed by atoms with Gasteiger partial charge >= 0.3 is 0 Å². The lowest BCUT2D eigenvalue weighted by atomic mass is 10.5. The maximum absolute atomic E-state index is 10.4. The molecule has 1 aromatic rings. The van der Waals surface area contributed by atoms with E-state index in [1.165, 1.54) is 12.3 Å². The molecule has 0 radical (unpaired) electrons. The second-order valence-electron chi connectivity index (χ2n) is 1.79. The second kappa shape index (κ2) is 3.11. The lowest BCUT2D eigenvalue weighted by molar-refractivity contribution is 0.557. The van der Waals surface area contributed by atoms with Gasteiger partial charge in [0.15, 0.2) is 0 Å². The highest BCUT2D eigenvalue weighted by atomic mass is 35.7. The smallest absolute Gasteiger partial charge is 0.254 e. The van der Waals surface area contributed by atoms with Crippen molar-refractivity contribution in [1.82, 2.24) is 0 Å². The highest BCUT2D eigenvalue weighted by molar-refractivity contribution is 8.16. The van der Waals surface area contributed by atoms with Crippen LogP contribution in [0.25, 0.3) is 6.08 Å². The van der Waals surface area contributed by atoms with Gasteiger partial charge in [-0.15, -0.1) is 0 Å². The van der Waals surface area contributed by atoms with Crippen molar-refractivity contribution in [2.24, 2.45) is 0 Å². The molecule has 0 spiro atoms. The summed E-state index contributed by atoms with van der Waals surface area (Å²) in [5.41, 5.74) is 0. The van der Waals surface area contributed by atoms with Gasteiger partial charge in [-0.1, -0.05) is 0 Å². The van der Waals surface area contributed by atoms with Crippen LogP contribution < -0.4 is 0 Å². The van der Waals surface area contributed by atoms with Crippen molar-refractivity contribution in [2.45, 2.75) is 0 Å². The molecule has 0 unspecified atom stereocenters. The first-order valence-electron chi connectivity index (χ1n) is 2.74. The summed E-state index contributed by atoms with van der Waals surface area (Å²) in [6.45, 7) is 0. The number of furan rings is 1. The van der Waals surface area contributed by atoms with E-state index < -0.39 is 9.05 Å². The van der Waals surface area contributed by atoms with Crippen LogP contribution in [0.2, 0.25) is 0 Å². The van der Waals surface area contributed by atoms with Gasteiger partial charge in [-0.3, -0.25) is 0 Å². The van der Waals surface area contributed by atoms with Gasteiger partial charge in [-0.05, 0) is 18.2 Å². The lowest BCUT2D eigenvalue weighted by Crippen LogP contribution is -1.77. The Labute approximate surface area is 68.7 Å². The number of halogens is 1. The van der Waals surface area contributed by atoms with Gasteiger partial charge in [0.05, 0.1) is 6.26 Å². The van der Waals surface area contributed by atoms with Crippen molar-refractivity contribution >= 4 is 25.8 Å². The summed E-state index contributed by atoms with van der Waals surface area (Å²) < 4.78 is 25.5. The monoisotopic (exact) mass is 192 g/mol. The Morgan fingerprint density at radius 1 is 1.55 bits per heavy atom. The molecule has 0 amide bonds. The van der Waals surface area contributed by atoms with E-state index in [9.17, 15) is 8.42 Å². The third-order valence-electron chi connectivity index (χ3n) is 0.938. The van der Waals surface area contributed by atoms with E-state index in [4.69, 9.17) is 15.1 Å². The molecule has 0 bridgehead atoms. The summed E-state index contributed by atoms with van der Waals surface area (Å²) in [5, 5.41) is 0.868. The third-order valence-corrected chi connectivity index (χ3v) is 1.71. The van der Waals surface area contributed by atoms with E-state index in [0.29, 0.717) is 5.76 Å². The van der Waals surface area contributed by atoms with Crippen molar-refractivity contribution in [3.63, 3.8) is 0 Å². The molecule has 0 atom stereocenters. The van der Waals surface area contributed by atoms with Crippen LogP contribution in [-0.4, -0.2) is 8.42 Å². The standard InChI is InChI=1S/C6H5ClO3S/c7-11(8,9)5-3-6-2-1-4-10-6/h1-5H/b5-3-. The van der Waals surface area contributed by atoms with E-state index in [1.807, 2.05) is 0 Å². The largest absolute Gasteiger partial charge is 0.465 e. The maximum Gasteiger partial charge on any atom is 0.254 e. The van der Waals surface area contributed by atoms with Gasteiger partial charge in [-0.25, -0.2) is 8.42 Å². The van der Waals surface area contributed by atoms with Crippen molar-refractivity contribution in [3.8, 4) is 0 Å². The van der Waals surface area contributed by atoms with Gasteiger partial charge < -0.3 is 4.42 Å². The van der Waals surface area contributed by atoms with Gasteiger partial charge in [0.25, 0.3) is 9.05 Å². The normalized spacial score (nSPS) is 12.5. The van der Waals surface area contributed by atoms with Crippen LogP contribution >= 0.6 is 10.7 Å². The molecule has 5 heteroatoms. The summed E-state index contributed by atoms with van der Waals surface area (Å²) >= 11 is 0. The minimum Gasteiger partial charge on any atom is -0.465 e. The summed E-state index contributed by atoms with van der Waals surface area (Å²) in [7, 11) is 1.33. The molecule has 0 aliphatic rings. The molecule has 0 aromatic carbocycles. The molecule has 0 fully saturated rings. The van der Waals surface area contributed by atoms with E-state index in [-0.39, 0.29) is 0 Å². The first-order valence-corrected chi connectivity index (χ1v) is 5.11.